The van der Waals surface area contributed by atoms with Crippen LogP contribution in [0.1, 0.15) is 26.3 Å². The molecule has 36 heavy (non-hydrogen) atoms. The van der Waals surface area contributed by atoms with Crippen LogP contribution in [0.4, 0.5) is 22.7 Å². The van der Waals surface area contributed by atoms with Crippen molar-refractivity contribution >= 4 is 34.6 Å². The fourth-order valence-electron chi connectivity index (χ4n) is 4.25. The highest BCUT2D eigenvalue weighted by Crippen LogP contribution is 2.38. The second kappa shape index (κ2) is 9.84. The number of anilines is 4. The number of amides is 2. The highest BCUT2D eigenvalue weighted by Gasteiger charge is 2.26. The molecule has 5 rings (SSSR count). The quantitative estimate of drug-likeness (QED) is 0.375. The third-order valence-corrected chi connectivity index (χ3v) is 6.09. The third kappa shape index (κ3) is 4.34. The second-order valence-corrected chi connectivity index (χ2v) is 8.24. The Balaban J connectivity index is 1.41. The normalized spacial score (nSPS) is 11.9. The van der Waals surface area contributed by atoms with Gasteiger partial charge in [-0.1, -0.05) is 30.3 Å². The van der Waals surface area contributed by atoms with Crippen molar-refractivity contribution in [2.24, 2.45) is 0 Å². The van der Waals surface area contributed by atoms with E-state index in [0.29, 0.717) is 34.9 Å². The number of methoxy groups -OCH3 is 2. The maximum atomic E-state index is 13.8. The van der Waals surface area contributed by atoms with Gasteiger partial charge in [-0.05, 0) is 60.2 Å². The standard InChI is InChI=1S/C29H25N3O4/c1-35-22-15-16-23(27(17-22)36-2)28(33)31-21-13-11-19(12-14-21)29(34)32-25-9-5-3-7-20(25)18-30-24-8-4-6-10-26(24)32/h3-17,30H,18H2,1-2H3,(H,31,33). The van der Waals surface area contributed by atoms with E-state index in [0.717, 1.165) is 22.6 Å². The number of nitrogens with one attached hydrogen (secondary N) is 2. The average molecular weight is 480 g/mol. The van der Waals surface area contributed by atoms with Crippen molar-refractivity contribution in [3.63, 3.8) is 0 Å². The SMILES string of the molecule is COc1ccc(C(=O)Nc2ccc(C(=O)N3c4ccccc4CNc4ccccc43)cc2)c(OC)c1. The number of carbonyl (C=O) groups is 2. The molecule has 0 saturated heterocycles. The zero-order chi connectivity index (χ0) is 25.1. The van der Waals surface area contributed by atoms with Gasteiger partial charge in [-0.2, -0.15) is 0 Å². The molecule has 4 aromatic rings. The van der Waals surface area contributed by atoms with Crippen LogP contribution in [0.25, 0.3) is 0 Å². The molecule has 4 aromatic carbocycles. The predicted molar refractivity (Wildman–Crippen MR) is 141 cm³/mol. The number of carbonyl (C=O) groups excluding carboxylic acids is 2. The fraction of sp³-hybridized carbons (Fsp3) is 0.103. The number of hydrogen-bond donors (Lipinski definition) is 2. The molecule has 0 spiro atoms. The van der Waals surface area contributed by atoms with Crippen LogP contribution in [0.2, 0.25) is 0 Å². The highest BCUT2D eigenvalue weighted by molar-refractivity contribution is 6.13. The summed E-state index contributed by atoms with van der Waals surface area (Å²) in [5.41, 5.74) is 4.98. The van der Waals surface area contributed by atoms with Crippen LogP contribution < -0.4 is 25.0 Å². The summed E-state index contributed by atoms with van der Waals surface area (Å²) in [6, 6.07) is 27.5. The number of ether oxygens (including phenoxy) is 2. The topological polar surface area (TPSA) is 79.9 Å². The molecule has 0 bridgehead atoms. The van der Waals surface area contributed by atoms with Gasteiger partial charge < -0.3 is 20.1 Å². The summed E-state index contributed by atoms with van der Waals surface area (Å²) >= 11 is 0. The Labute approximate surface area is 209 Å². The van der Waals surface area contributed by atoms with Gasteiger partial charge in [0.2, 0.25) is 0 Å². The monoisotopic (exact) mass is 479 g/mol. The molecule has 7 nitrogen and oxygen atoms in total. The molecule has 0 saturated carbocycles. The molecule has 0 atom stereocenters. The number of benzene rings is 4. The number of hydrogen-bond acceptors (Lipinski definition) is 5. The molecule has 0 aliphatic carbocycles. The number of para-hydroxylation sites is 3. The molecule has 1 aliphatic rings. The first-order chi connectivity index (χ1) is 17.6. The lowest BCUT2D eigenvalue weighted by molar-refractivity contribution is 0.0997. The zero-order valence-electron chi connectivity index (χ0n) is 19.9. The minimum Gasteiger partial charge on any atom is -0.497 e. The zero-order valence-corrected chi connectivity index (χ0v) is 19.9. The molecule has 0 unspecified atom stereocenters. The number of fused-ring (bicyclic) bond motifs is 2. The molecule has 2 N–H and O–H groups in total. The van der Waals surface area contributed by atoms with Gasteiger partial charge in [0.25, 0.3) is 11.8 Å². The number of rotatable bonds is 5. The van der Waals surface area contributed by atoms with E-state index in [1.807, 2.05) is 48.5 Å². The Hall–Kier alpha value is -4.78. The minimum atomic E-state index is -0.324. The molecule has 7 heteroatoms. The maximum absolute atomic E-state index is 13.8. The van der Waals surface area contributed by atoms with Crippen LogP contribution in [0.5, 0.6) is 11.5 Å². The minimum absolute atomic E-state index is 0.159. The van der Waals surface area contributed by atoms with Gasteiger partial charge >= 0.3 is 0 Å². The van der Waals surface area contributed by atoms with E-state index in [9.17, 15) is 9.59 Å². The lowest BCUT2D eigenvalue weighted by Crippen LogP contribution is -2.26. The van der Waals surface area contributed by atoms with E-state index in [-0.39, 0.29) is 11.8 Å². The molecule has 0 radical (unpaired) electrons. The largest absolute Gasteiger partial charge is 0.497 e. The van der Waals surface area contributed by atoms with Crippen molar-refractivity contribution < 1.29 is 19.1 Å². The summed E-state index contributed by atoms with van der Waals surface area (Å²) < 4.78 is 10.5. The predicted octanol–water partition coefficient (Wildman–Crippen LogP) is 5.86. The lowest BCUT2D eigenvalue weighted by Gasteiger charge is -2.24. The molecule has 1 aliphatic heterocycles. The van der Waals surface area contributed by atoms with Gasteiger partial charge in [0.15, 0.2) is 0 Å². The smallest absolute Gasteiger partial charge is 0.262 e. The first-order valence-electron chi connectivity index (χ1n) is 11.5. The molecule has 2 amide bonds. The maximum Gasteiger partial charge on any atom is 0.262 e. The first-order valence-corrected chi connectivity index (χ1v) is 11.5. The Morgan fingerprint density at radius 2 is 1.56 bits per heavy atom. The summed E-state index contributed by atoms with van der Waals surface area (Å²) in [4.78, 5) is 28.4. The van der Waals surface area contributed by atoms with Crippen LogP contribution >= 0.6 is 0 Å². The fourth-order valence-corrected chi connectivity index (χ4v) is 4.25. The van der Waals surface area contributed by atoms with E-state index in [4.69, 9.17) is 9.47 Å². The van der Waals surface area contributed by atoms with Crippen LogP contribution in [-0.2, 0) is 6.54 Å². The van der Waals surface area contributed by atoms with Gasteiger partial charge in [0, 0.05) is 23.9 Å². The van der Waals surface area contributed by atoms with E-state index in [2.05, 4.69) is 10.6 Å². The third-order valence-electron chi connectivity index (χ3n) is 6.09. The van der Waals surface area contributed by atoms with Crippen LogP contribution in [0, 0.1) is 0 Å². The molecular weight excluding hydrogens is 454 g/mol. The van der Waals surface area contributed by atoms with Crippen LogP contribution in [-0.4, -0.2) is 26.0 Å². The Kier molecular flexibility index (Phi) is 6.28. The Morgan fingerprint density at radius 1 is 0.833 bits per heavy atom. The molecule has 0 fully saturated rings. The average Bonchev–Trinajstić information content (AvgIpc) is 3.09. The van der Waals surface area contributed by atoms with E-state index < -0.39 is 0 Å². The van der Waals surface area contributed by atoms with E-state index >= 15 is 0 Å². The lowest BCUT2D eigenvalue weighted by atomic mass is 10.1. The molecular formula is C29H25N3O4. The van der Waals surface area contributed by atoms with Gasteiger partial charge in [0.1, 0.15) is 11.5 Å². The van der Waals surface area contributed by atoms with Gasteiger partial charge in [0.05, 0.1) is 36.8 Å². The van der Waals surface area contributed by atoms with Gasteiger partial charge in [-0.15, -0.1) is 0 Å². The van der Waals surface area contributed by atoms with E-state index in [1.165, 1.54) is 7.11 Å². The summed E-state index contributed by atoms with van der Waals surface area (Å²) in [7, 11) is 3.05. The Morgan fingerprint density at radius 3 is 2.31 bits per heavy atom. The van der Waals surface area contributed by atoms with Crippen molar-refractivity contribution in [1.29, 1.82) is 0 Å². The molecule has 0 aromatic heterocycles. The van der Waals surface area contributed by atoms with Crippen molar-refractivity contribution in [2.75, 3.05) is 29.8 Å². The van der Waals surface area contributed by atoms with Crippen LogP contribution in [0.3, 0.4) is 0 Å². The first kappa shape index (κ1) is 23.0. The van der Waals surface area contributed by atoms with Crippen molar-refractivity contribution in [3.8, 4) is 11.5 Å². The molecule has 180 valence electrons. The Bertz CT molecular complexity index is 1390. The summed E-state index contributed by atoms with van der Waals surface area (Å²) in [5, 5.41) is 6.28. The summed E-state index contributed by atoms with van der Waals surface area (Å²) in [5.74, 6) is 0.521. The van der Waals surface area contributed by atoms with Crippen molar-refractivity contribution in [2.45, 2.75) is 6.54 Å². The summed E-state index contributed by atoms with van der Waals surface area (Å²) in [6.07, 6.45) is 0. The van der Waals surface area contributed by atoms with Gasteiger partial charge in [-0.3, -0.25) is 14.5 Å². The number of nitrogens with zero attached hydrogens (tertiary/aromatic N) is 1. The molecule has 1 heterocycles. The van der Waals surface area contributed by atoms with Gasteiger partial charge in [-0.25, -0.2) is 0 Å². The van der Waals surface area contributed by atoms with E-state index in [1.54, 1.807) is 54.5 Å². The van der Waals surface area contributed by atoms with Crippen molar-refractivity contribution in [1.82, 2.24) is 0 Å². The highest BCUT2D eigenvalue weighted by atomic mass is 16.5. The van der Waals surface area contributed by atoms with Crippen LogP contribution in [0.15, 0.2) is 91.0 Å². The van der Waals surface area contributed by atoms with Crippen molar-refractivity contribution in [3.05, 3.63) is 108 Å². The summed E-state index contributed by atoms with van der Waals surface area (Å²) in [6.45, 7) is 0.622. The second-order valence-electron chi connectivity index (χ2n) is 8.24.